The fourth-order valence-corrected chi connectivity index (χ4v) is 2.65. The van der Waals surface area contributed by atoms with Crippen molar-refractivity contribution in [2.24, 2.45) is 0 Å². The molecule has 1 atom stereocenters. The molecule has 0 unspecified atom stereocenters. The molecular weight excluding hydrogens is 292 g/mol. The standard InChI is InChI=1S/C16H15F2NOS/c1-10-4-3-5-13(8-10)19-16(20)11(2)21-15-7-6-12(17)9-14(15)18/h3-9,11H,1-2H3,(H,19,20)/t11-/m1/s1. The third kappa shape index (κ3) is 4.29. The van der Waals surface area contributed by atoms with Crippen LogP contribution in [0.25, 0.3) is 0 Å². The first kappa shape index (κ1) is 15.5. The second kappa shape index (κ2) is 6.72. The monoisotopic (exact) mass is 307 g/mol. The van der Waals surface area contributed by atoms with Crippen molar-refractivity contribution in [1.82, 2.24) is 0 Å². The number of halogens is 2. The van der Waals surface area contributed by atoms with Crippen LogP contribution in [0.4, 0.5) is 14.5 Å². The number of benzene rings is 2. The summed E-state index contributed by atoms with van der Waals surface area (Å²) in [6.07, 6.45) is 0. The Morgan fingerprint density at radius 2 is 1.95 bits per heavy atom. The fourth-order valence-electron chi connectivity index (χ4n) is 1.78. The van der Waals surface area contributed by atoms with Gasteiger partial charge in [-0.3, -0.25) is 4.79 Å². The van der Waals surface area contributed by atoms with Crippen molar-refractivity contribution in [2.75, 3.05) is 5.32 Å². The Morgan fingerprint density at radius 3 is 2.62 bits per heavy atom. The number of amides is 1. The van der Waals surface area contributed by atoms with E-state index in [2.05, 4.69) is 5.32 Å². The van der Waals surface area contributed by atoms with Gasteiger partial charge in [0.25, 0.3) is 0 Å². The maximum absolute atomic E-state index is 13.6. The number of aryl methyl sites for hydroxylation is 1. The highest BCUT2D eigenvalue weighted by atomic mass is 32.2. The minimum absolute atomic E-state index is 0.227. The predicted molar refractivity (Wildman–Crippen MR) is 81.5 cm³/mol. The lowest BCUT2D eigenvalue weighted by Gasteiger charge is -2.13. The van der Waals surface area contributed by atoms with Crippen molar-refractivity contribution in [3.63, 3.8) is 0 Å². The van der Waals surface area contributed by atoms with Crippen LogP contribution in [-0.2, 0) is 4.79 Å². The number of thioether (sulfide) groups is 1. The van der Waals surface area contributed by atoms with Gasteiger partial charge in [0.05, 0.1) is 5.25 Å². The van der Waals surface area contributed by atoms with Crippen LogP contribution in [-0.4, -0.2) is 11.2 Å². The first-order valence-electron chi connectivity index (χ1n) is 6.45. The number of hydrogen-bond acceptors (Lipinski definition) is 2. The van der Waals surface area contributed by atoms with E-state index in [4.69, 9.17) is 0 Å². The summed E-state index contributed by atoms with van der Waals surface area (Å²) < 4.78 is 26.4. The van der Waals surface area contributed by atoms with Gasteiger partial charge < -0.3 is 5.32 Å². The Bertz CT molecular complexity index is 660. The summed E-state index contributed by atoms with van der Waals surface area (Å²) in [5, 5.41) is 2.28. The molecule has 0 aliphatic carbocycles. The average Bonchev–Trinajstić information content (AvgIpc) is 2.41. The lowest BCUT2D eigenvalue weighted by molar-refractivity contribution is -0.115. The topological polar surface area (TPSA) is 29.1 Å². The first-order chi connectivity index (χ1) is 9.95. The Kier molecular flexibility index (Phi) is 4.96. The quantitative estimate of drug-likeness (QED) is 0.849. The Morgan fingerprint density at radius 1 is 1.19 bits per heavy atom. The number of nitrogens with one attached hydrogen (secondary N) is 1. The molecular formula is C16H15F2NOS. The molecule has 0 heterocycles. The molecule has 2 rings (SSSR count). The van der Waals surface area contributed by atoms with Crippen LogP contribution in [0.2, 0.25) is 0 Å². The molecule has 0 bridgehead atoms. The number of carbonyl (C=O) groups is 1. The van der Waals surface area contributed by atoms with Gasteiger partial charge in [-0.15, -0.1) is 11.8 Å². The van der Waals surface area contributed by atoms with Crippen molar-refractivity contribution in [1.29, 1.82) is 0 Å². The summed E-state index contributed by atoms with van der Waals surface area (Å²) in [6, 6.07) is 10.8. The van der Waals surface area contributed by atoms with Crippen molar-refractivity contribution >= 4 is 23.4 Å². The number of carbonyl (C=O) groups excluding carboxylic acids is 1. The van der Waals surface area contributed by atoms with Gasteiger partial charge in [-0.2, -0.15) is 0 Å². The minimum Gasteiger partial charge on any atom is -0.325 e. The van der Waals surface area contributed by atoms with Crippen molar-refractivity contribution in [2.45, 2.75) is 24.0 Å². The van der Waals surface area contributed by atoms with E-state index in [0.717, 1.165) is 23.4 Å². The van der Waals surface area contributed by atoms with E-state index in [0.29, 0.717) is 5.69 Å². The summed E-state index contributed by atoms with van der Waals surface area (Å²) in [5.74, 6) is -1.52. The van der Waals surface area contributed by atoms with Gasteiger partial charge in [0.1, 0.15) is 11.6 Å². The molecule has 0 aliphatic rings. The second-order valence-electron chi connectivity index (χ2n) is 4.69. The van der Waals surface area contributed by atoms with Crippen LogP contribution in [0.1, 0.15) is 12.5 Å². The van der Waals surface area contributed by atoms with Crippen LogP contribution in [0.15, 0.2) is 47.4 Å². The smallest absolute Gasteiger partial charge is 0.237 e. The van der Waals surface area contributed by atoms with E-state index in [1.807, 2.05) is 25.1 Å². The molecule has 2 aromatic carbocycles. The van der Waals surface area contributed by atoms with Crippen LogP contribution < -0.4 is 5.32 Å². The molecule has 0 fully saturated rings. The van der Waals surface area contributed by atoms with Gasteiger partial charge in [-0.25, -0.2) is 8.78 Å². The third-order valence-corrected chi connectivity index (χ3v) is 4.01. The molecule has 21 heavy (non-hydrogen) atoms. The molecule has 0 spiro atoms. The molecule has 2 aromatic rings. The predicted octanol–water partition coefficient (Wildman–Crippen LogP) is 4.39. The van der Waals surface area contributed by atoms with Crippen LogP contribution in [0.5, 0.6) is 0 Å². The number of rotatable bonds is 4. The summed E-state index contributed by atoms with van der Waals surface area (Å²) in [7, 11) is 0. The zero-order valence-electron chi connectivity index (χ0n) is 11.7. The summed E-state index contributed by atoms with van der Waals surface area (Å²) >= 11 is 1.06. The molecule has 110 valence electrons. The van der Waals surface area contributed by atoms with Gasteiger partial charge in [0.15, 0.2) is 0 Å². The molecule has 0 saturated carbocycles. The molecule has 0 radical (unpaired) electrons. The Balaban J connectivity index is 2.02. The third-order valence-electron chi connectivity index (χ3n) is 2.85. The van der Waals surface area contributed by atoms with E-state index < -0.39 is 16.9 Å². The van der Waals surface area contributed by atoms with E-state index in [1.54, 1.807) is 13.0 Å². The lowest BCUT2D eigenvalue weighted by Crippen LogP contribution is -2.22. The molecule has 0 aromatic heterocycles. The van der Waals surface area contributed by atoms with Gasteiger partial charge in [-0.1, -0.05) is 12.1 Å². The maximum atomic E-state index is 13.6. The minimum atomic E-state index is -0.657. The van der Waals surface area contributed by atoms with Crippen LogP contribution >= 0.6 is 11.8 Å². The van der Waals surface area contributed by atoms with E-state index in [-0.39, 0.29) is 10.8 Å². The largest absolute Gasteiger partial charge is 0.325 e. The Labute approximate surface area is 126 Å². The number of anilines is 1. The maximum Gasteiger partial charge on any atom is 0.237 e. The van der Waals surface area contributed by atoms with Crippen LogP contribution in [0.3, 0.4) is 0 Å². The molecule has 2 nitrogen and oxygen atoms in total. The summed E-state index contributed by atoms with van der Waals surface area (Å²) in [5.41, 5.74) is 1.74. The van der Waals surface area contributed by atoms with E-state index in [1.165, 1.54) is 12.1 Å². The van der Waals surface area contributed by atoms with E-state index in [9.17, 15) is 13.6 Å². The SMILES string of the molecule is Cc1cccc(NC(=O)[C@@H](C)Sc2ccc(F)cc2F)c1. The normalized spacial score (nSPS) is 12.0. The molecule has 1 amide bonds. The zero-order chi connectivity index (χ0) is 15.4. The molecule has 5 heteroatoms. The van der Waals surface area contributed by atoms with Crippen molar-refractivity contribution < 1.29 is 13.6 Å². The van der Waals surface area contributed by atoms with Gasteiger partial charge in [0.2, 0.25) is 5.91 Å². The number of hydrogen-bond donors (Lipinski definition) is 1. The lowest BCUT2D eigenvalue weighted by atomic mass is 10.2. The van der Waals surface area contributed by atoms with Gasteiger partial charge in [-0.05, 0) is 43.7 Å². The highest BCUT2D eigenvalue weighted by Crippen LogP contribution is 2.27. The molecule has 1 N–H and O–H groups in total. The Hall–Kier alpha value is -1.88. The van der Waals surface area contributed by atoms with Crippen LogP contribution in [0, 0.1) is 18.6 Å². The van der Waals surface area contributed by atoms with E-state index >= 15 is 0 Å². The molecule has 0 saturated heterocycles. The van der Waals surface area contributed by atoms with Crippen molar-refractivity contribution in [3.8, 4) is 0 Å². The average molecular weight is 307 g/mol. The highest BCUT2D eigenvalue weighted by Gasteiger charge is 2.17. The van der Waals surface area contributed by atoms with Gasteiger partial charge >= 0.3 is 0 Å². The highest BCUT2D eigenvalue weighted by molar-refractivity contribution is 8.00. The first-order valence-corrected chi connectivity index (χ1v) is 7.33. The zero-order valence-corrected chi connectivity index (χ0v) is 12.5. The summed E-state index contributed by atoms with van der Waals surface area (Å²) in [6.45, 7) is 3.61. The molecule has 0 aliphatic heterocycles. The summed E-state index contributed by atoms with van der Waals surface area (Å²) in [4.78, 5) is 12.3. The van der Waals surface area contributed by atoms with Crippen molar-refractivity contribution in [3.05, 3.63) is 59.7 Å². The fraction of sp³-hybridized carbons (Fsp3) is 0.188. The van der Waals surface area contributed by atoms with Gasteiger partial charge in [0, 0.05) is 16.6 Å². The second-order valence-corrected chi connectivity index (χ2v) is 6.08.